The van der Waals surface area contributed by atoms with E-state index < -0.39 is 0 Å². The summed E-state index contributed by atoms with van der Waals surface area (Å²) in [7, 11) is 4.19. The Balaban J connectivity index is 1.96. The third-order valence-corrected chi connectivity index (χ3v) is 3.84. The van der Waals surface area contributed by atoms with E-state index in [9.17, 15) is 0 Å². The number of guanidine groups is 1. The third-order valence-electron chi connectivity index (χ3n) is 3.84. The number of benzene rings is 1. The van der Waals surface area contributed by atoms with E-state index in [0.717, 1.165) is 38.6 Å². The van der Waals surface area contributed by atoms with E-state index in [0.29, 0.717) is 6.54 Å². The van der Waals surface area contributed by atoms with Gasteiger partial charge < -0.3 is 15.5 Å². The van der Waals surface area contributed by atoms with E-state index >= 15 is 0 Å². The molecular formula is C19H30N6. The average Bonchev–Trinajstić information content (AvgIpc) is 3.10. The van der Waals surface area contributed by atoms with Gasteiger partial charge in [0.1, 0.15) is 0 Å². The summed E-state index contributed by atoms with van der Waals surface area (Å²) in [5.74, 6) is 0.871. The van der Waals surface area contributed by atoms with Crippen LogP contribution in [0.5, 0.6) is 0 Å². The molecule has 0 unspecified atom stereocenters. The average molecular weight is 342 g/mol. The van der Waals surface area contributed by atoms with Gasteiger partial charge in [-0.15, -0.1) is 0 Å². The maximum atomic E-state index is 4.74. The molecule has 0 aliphatic heterocycles. The van der Waals surface area contributed by atoms with E-state index in [4.69, 9.17) is 4.99 Å². The van der Waals surface area contributed by atoms with Crippen LogP contribution in [0.25, 0.3) is 0 Å². The first kappa shape index (κ1) is 19.0. The van der Waals surface area contributed by atoms with Crippen molar-refractivity contribution in [1.82, 2.24) is 25.3 Å². The molecule has 6 nitrogen and oxygen atoms in total. The highest BCUT2D eigenvalue weighted by Crippen LogP contribution is 2.11. The van der Waals surface area contributed by atoms with Crippen molar-refractivity contribution in [2.24, 2.45) is 4.99 Å². The summed E-state index contributed by atoms with van der Waals surface area (Å²) in [4.78, 5) is 6.93. The SMILES string of the molecule is CCNC(=NCc1ccccc1Cn1cccn1)NCCCN(C)C. The molecule has 1 heterocycles. The lowest BCUT2D eigenvalue weighted by molar-refractivity contribution is 0.399. The number of nitrogens with zero attached hydrogens (tertiary/aromatic N) is 4. The largest absolute Gasteiger partial charge is 0.357 e. The zero-order valence-corrected chi connectivity index (χ0v) is 15.6. The molecule has 0 saturated carbocycles. The van der Waals surface area contributed by atoms with Gasteiger partial charge in [-0.05, 0) is 51.2 Å². The van der Waals surface area contributed by atoms with Crippen molar-refractivity contribution in [2.45, 2.75) is 26.4 Å². The van der Waals surface area contributed by atoms with Crippen LogP contribution in [0.1, 0.15) is 24.5 Å². The molecule has 0 fully saturated rings. The molecule has 2 rings (SSSR count). The van der Waals surface area contributed by atoms with Crippen LogP contribution >= 0.6 is 0 Å². The Morgan fingerprint density at radius 1 is 1.16 bits per heavy atom. The van der Waals surface area contributed by atoms with Gasteiger partial charge >= 0.3 is 0 Å². The Kier molecular flexibility index (Phi) is 7.98. The zero-order chi connectivity index (χ0) is 17.9. The highest BCUT2D eigenvalue weighted by Gasteiger charge is 2.04. The lowest BCUT2D eigenvalue weighted by Crippen LogP contribution is -2.38. The van der Waals surface area contributed by atoms with Crippen LogP contribution in [-0.2, 0) is 13.1 Å². The first-order valence-corrected chi connectivity index (χ1v) is 8.90. The topological polar surface area (TPSA) is 57.5 Å². The summed E-state index contributed by atoms with van der Waals surface area (Å²) in [6.07, 6.45) is 4.88. The molecular weight excluding hydrogens is 312 g/mol. The Hall–Kier alpha value is -2.34. The summed E-state index contributed by atoms with van der Waals surface area (Å²) in [6.45, 7) is 6.35. The number of rotatable bonds is 9. The Bertz CT molecular complexity index is 633. The van der Waals surface area contributed by atoms with Crippen LogP contribution in [0.4, 0.5) is 0 Å². The van der Waals surface area contributed by atoms with E-state index in [2.05, 4.69) is 65.9 Å². The predicted molar refractivity (Wildman–Crippen MR) is 104 cm³/mol. The number of aromatic nitrogens is 2. The van der Waals surface area contributed by atoms with Gasteiger partial charge in [0.15, 0.2) is 5.96 Å². The first-order valence-electron chi connectivity index (χ1n) is 8.90. The van der Waals surface area contributed by atoms with Crippen LogP contribution in [-0.4, -0.2) is 54.4 Å². The van der Waals surface area contributed by atoms with Crippen LogP contribution in [0.15, 0.2) is 47.7 Å². The van der Waals surface area contributed by atoms with Crippen molar-refractivity contribution in [3.05, 3.63) is 53.9 Å². The molecule has 1 aromatic heterocycles. The monoisotopic (exact) mass is 342 g/mol. The standard InChI is InChI=1S/C19H30N6/c1-4-20-19(21-11-7-13-24(2)3)22-15-17-9-5-6-10-18(17)16-25-14-8-12-23-25/h5-6,8-10,12,14H,4,7,11,13,15-16H2,1-3H3,(H2,20,21,22). The first-order chi connectivity index (χ1) is 12.2. The van der Waals surface area contributed by atoms with E-state index in [1.165, 1.54) is 11.1 Å². The zero-order valence-electron chi connectivity index (χ0n) is 15.6. The second kappa shape index (κ2) is 10.5. The van der Waals surface area contributed by atoms with Crippen molar-refractivity contribution in [2.75, 3.05) is 33.7 Å². The second-order valence-electron chi connectivity index (χ2n) is 6.25. The van der Waals surface area contributed by atoms with Gasteiger partial charge in [-0.2, -0.15) is 5.10 Å². The predicted octanol–water partition coefficient (Wildman–Crippen LogP) is 1.94. The Morgan fingerprint density at radius 3 is 2.64 bits per heavy atom. The normalized spacial score (nSPS) is 11.8. The lowest BCUT2D eigenvalue weighted by atomic mass is 10.1. The maximum absolute atomic E-state index is 4.74. The van der Waals surface area contributed by atoms with Gasteiger partial charge in [0.2, 0.25) is 0 Å². The molecule has 0 saturated heterocycles. The van der Waals surface area contributed by atoms with Crippen molar-refractivity contribution in [1.29, 1.82) is 0 Å². The van der Waals surface area contributed by atoms with Gasteiger partial charge in [-0.25, -0.2) is 4.99 Å². The van der Waals surface area contributed by atoms with Gasteiger partial charge in [-0.1, -0.05) is 24.3 Å². The highest BCUT2D eigenvalue weighted by molar-refractivity contribution is 5.79. The lowest BCUT2D eigenvalue weighted by Gasteiger charge is -2.14. The molecule has 0 spiro atoms. The molecule has 0 bridgehead atoms. The van der Waals surface area contributed by atoms with Crippen molar-refractivity contribution in [3.63, 3.8) is 0 Å². The summed E-state index contributed by atoms with van der Waals surface area (Å²) in [6, 6.07) is 10.4. The minimum atomic E-state index is 0.653. The fourth-order valence-corrected chi connectivity index (χ4v) is 2.54. The van der Waals surface area contributed by atoms with Gasteiger partial charge in [0.05, 0.1) is 13.1 Å². The second-order valence-corrected chi connectivity index (χ2v) is 6.25. The van der Waals surface area contributed by atoms with E-state index in [-0.39, 0.29) is 0 Å². The molecule has 25 heavy (non-hydrogen) atoms. The smallest absolute Gasteiger partial charge is 0.191 e. The van der Waals surface area contributed by atoms with E-state index in [1.54, 1.807) is 0 Å². The van der Waals surface area contributed by atoms with Crippen LogP contribution in [0.3, 0.4) is 0 Å². The third kappa shape index (κ3) is 6.97. The van der Waals surface area contributed by atoms with Crippen LogP contribution in [0.2, 0.25) is 0 Å². The summed E-state index contributed by atoms with van der Waals surface area (Å²) >= 11 is 0. The molecule has 0 atom stereocenters. The van der Waals surface area contributed by atoms with Crippen molar-refractivity contribution in [3.8, 4) is 0 Å². The molecule has 1 aromatic carbocycles. The quantitative estimate of drug-likeness (QED) is 0.415. The molecule has 0 amide bonds. The molecule has 6 heteroatoms. The van der Waals surface area contributed by atoms with Gasteiger partial charge in [0.25, 0.3) is 0 Å². The highest BCUT2D eigenvalue weighted by atomic mass is 15.3. The number of nitrogens with one attached hydrogen (secondary N) is 2. The minimum absolute atomic E-state index is 0.653. The molecule has 2 N–H and O–H groups in total. The molecule has 0 aliphatic carbocycles. The van der Waals surface area contributed by atoms with Crippen molar-refractivity contribution < 1.29 is 0 Å². The summed E-state index contributed by atoms with van der Waals surface area (Å²) in [5, 5.41) is 11.0. The van der Waals surface area contributed by atoms with Gasteiger partial charge in [0, 0.05) is 25.5 Å². The number of hydrogen-bond acceptors (Lipinski definition) is 3. The maximum Gasteiger partial charge on any atom is 0.191 e. The fourth-order valence-electron chi connectivity index (χ4n) is 2.54. The Morgan fingerprint density at radius 2 is 1.96 bits per heavy atom. The Labute approximate surface area is 151 Å². The van der Waals surface area contributed by atoms with Crippen LogP contribution < -0.4 is 10.6 Å². The molecule has 0 aliphatic rings. The molecule has 136 valence electrons. The summed E-state index contributed by atoms with van der Waals surface area (Å²) in [5.41, 5.74) is 2.47. The fraction of sp³-hybridized carbons (Fsp3) is 0.474. The molecule has 2 aromatic rings. The summed E-state index contributed by atoms with van der Waals surface area (Å²) < 4.78 is 1.94. The van der Waals surface area contributed by atoms with E-state index in [1.807, 2.05) is 23.1 Å². The van der Waals surface area contributed by atoms with Gasteiger partial charge in [-0.3, -0.25) is 4.68 Å². The minimum Gasteiger partial charge on any atom is -0.357 e. The van der Waals surface area contributed by atoms with Crippen molar-refractivity contribution >= 4 is 5.96 Å². The number of hydrogen-bond donors (Lipinski definition) is 2. The molecule has 0 radical (unpaired) electrons. The van der Waals surface area contributed by atoms with Crippen LogP contribution in [0, 0.1) is 0 Å². The number of aliphatic imine (C=N–C) groups is 1.